The van der Waals surface area contributed by atoms with Crippen LogP contribution in [0.2, 0.25) is 0 Å². The van der Waals surface area contributed by atoms with Crippen LogP contribution in [0.25, 0.3) is 0 Å². The molecule has 0 aliphatic rings. The maximum atomic E-state index is 11.8. The van der Waals surface area contributed by atoms with Crippen molar-refractivity contribution in [1.82, 2.24) is 0 Å². The van der Waals surface area contributed by atoms with E-state index in [0.717, 1.165) is 12.8 Å². The summed E-state index contributed by atoms with van der Waals surface area (Å²) in [5.41, 5.74) is 0. The standard InChI is InChI=1S/C19H32O3S.K.H/c1-2-3-4-5-6-7-8-9-10-11-15-18-23(20,21)22-19-16-13-12-14-17-19;;/h12-14,16-17H,2-11,15,18H2,1H3;;. The molecule has 3 nitrogen and oxygen atoms in total. The molecule has 1 aromatic rings. The molecule has 0 fully saturated rings. The third kappa shape index (κ3) is 13.8. The number of para-hydroxylation sites is 1. The van der Waals surface area contributed by atoms with Gasteiger partial charge in [0.1, 0.15) is 5.75 Å². The minimum atomic E-state index is -3.44. The molecule has 0 atom stereocenters. The topological polar surface area (TPSA) is 43.4 Å². The van der Waals surface area contributed by atoms with Crippen molar-refractivity contribution in [2.75, 3.05) is 5.75 Å². The zero-order chi connectivity index (χ0) is 16.8. The molecule has 0 saturated carbocycles. The van der Waals surface area contributed by atoms with Crippen LogP contribution in [0.3, 0.4) is 0 Å². The van der Waals surface area contributed by atoms with E-state index >= 15 is 0 Å². The Morgan fingerprint density at radius 2 is 1.21 bits per heavy atom. The first kappa shape index (κ1) is 24.6. The molecule has 0 unspecified atom stereocenters. The van der Waals surface area contributed by atoms with Crippen LogP contribution < -0.4 is 4.18 Å². The third-order valence-corrected chi connectivity index (χ3v) is 5.20. The third-order valence-electron chi connectivity index (χ3n) is 3.96. The zero-order valence-corrected chi connectivity index (χ0v) is 15.3. The second-order valence-electron chi connectivity index (χ2n) is 6.19. The van der Waals surface area contributed by atoms with E-state index in [1.165, 1.54) is 51.4 Å². The van der Waals surface area contributed by atoms with Crippen LogP contribution in [0.4, 0.5) is 0 Å². The van der Waals surface area contributed by atoms with Crippen LogP contribution in [0.15, 0.2) is 30.3 Å². The second-order valence-corrected chi connectivity index (χ2v) is 7.88. The molecule has 0 aromatic heterocycles. The van der Waals surface area contributed by atoms with Crippen molar-refractivity contribution in [3.05, 3.63) is 30.3 Å². The van der Waals surface area contributed by atoms with Crippen molar-refractivity contribution >= 4 is 61.5 Å². The molecule has 0 heterocycles. The predicted molar refractivity (Wildman–Crippen MR) is 104 cm³/mol. The van der Waals surface area contributed by atoms with Gasteiger partial charge in [0.2, 0.25) is 0 Å². The minimum absolute atomic E-state index is 0. The van der Waals surface area contributed by atoms with E-state index in [2.05, 4.69) is 6.92 Å². The van der Waals surface area contributed by atoms with E-state index in [4.69, 9.17) is 4.18 Å². The van der Waals surface area contributed by atoms with Crippen LogP contribution >= 0.6 is 0 Å². The molecule has 0 N–H and O–H groups in total. The fraction of sp³-hybridized carbons (Fsp3) is 0.684. The van der Waals surface area contributed by atoms with Crippen molar-refractivity contribution in [2.24, 2.45) is 0 Å². The Morgan fingerprint density at radius 3 is 1.71 bits per heavy atom. The van der Waals surface area contributed by atoms with Crippen molar-refractivity contribution in [3.8, 4) is 5.75 Å². The van der Waals surface area contributed by atoms with Crippen LogP contribution in [-0.2, 0) is 10.1 Å². The Balaban J connectivity index is 0.00000529. The van der Waals surface area contributed by atoms with E-state index in [-0.39, 0.29) is 57.1 Å². The van der Waals surface area contributed by atoms with E-state index in [0.29, 0.717) is 12.2 Å². The number of hydrogen-bond acceptors (Lipinski definition) is 3. The van der Waals surface area contributed by atoms with Crippen molar-refractivity contribution in [1.29, 1.82) is 0 Å². The summed E-state index contributed by atoms with van der Waals surface area (Å²) in [6.07, 6.45) is 13.3. The van der Waals surface area contributed by atoms with Gasteiger partial charge in [0.25, 0.3) is 0 Å². The molecule has 1 rings (SSSR count). The molecule has 0 amide bonds. The first-order chi connectivity index (χ1) is 11.1. The predicted octanol–water partition coefficient (Wildman–Crippen LogP) is 5.06. The van der Waals surface area contributed by atoms with E-state index in [1.54, 1.807) is 24.3 Å². The van der Waals surface area contributed by atoms with Gasteiger partial charge in [-0.25, -0.2) is 0 Å². The molecule has 134 valence electrons. The number of benzene rings is 1. The van der Waals surface area contributed by atoms with Gasteiger partial charge in [-0.15, -0.1) is 0 Å². The Morgan fingerprint density at radius 1 is 0.750 bits per heavy atom. The summed E-state index contributed by atoms with van der Waals surface area (Å²) in [5.74, 6) is 0.509. The summed E-state index contributed by atoms with van der Waals surface area (Å²) >= 11 is 0. The maximum absolute atomic E-state index is 11.8. The Kier molecular flexibility index (Phi) is 16.2. The van der Waals surface area contributed by atoms with Crippen molar-refractivity contribution in [2.45, 2.75) is 77.6 Å². The van der Waals surface area contributed by atoms with Gasteiger partial charge in [0.15, 0.2) is 0 Å². The van der Waals surface area contributed by atoms with Crippen molar-refractivity contribution < 1.29 is 12.6 Å². The zero-order valence-electron chi connectivity index (χ0n) is 14.5. The van der Waals surface area contributed by atoms with E-state index < -0.39 is 10.1 Å². The molecule has 0 saturated heterocycles. The molecule has 5 heteroatoms. The summed E-state index contributed by atoms with van der Waals surface area (Å²) in [4.78, 5) is 0. The van der Waals surface area contributed by atoms with E-state index in [1.807, 2.05) is 6.07 Å². The van der Waals surface area contributed by atoms with Crippen LogP contribution in [0.5, 0.6) is 5.75 Å². The number of rotatable bonds is 14. The van der Waals surface area contributed by atoms with Crippen LogP contribution in [-0.4, -0.2) is 65.6 Å². The van der Waals surface area contributed by atoms with Gasteiger partial charge in [-0.2, -0.15) is 8.42 Å². The normalized spacial score (nSPS) is 11.0. The summed E-state index contributed by atoms with van der Waals surface area (Å²) < 4.78 is 28.7. The van der Waals surface area contributed by atoms with Gasteiger partial charge in [-0.1, -0.05) is 89.3 Å². The summed E-state index contributed by atoms with van der Waals surface area (Å²) in [5, 5.41) is 0. The molecule has 24 heavy (non-hydrogen) atoms. The number of unbranched alkanes of at least 4 members (excludes halogenated alkanes) is 10. The fourth-order valence-corrected chi connectivity index (χ4v) is 3.65. The van der Waals surface area contributed by atoms with Crippen LogP contribution in [0.1, 0.15) is 77.6 Å². The summed E-state index contributed by atoms with van der Waals surface area (Å²) in [7, 11) is -3.44. The fourth-order valence-electron chi connectivity index (χ4n) is 2.61. The second kappa shape index (κ2) is 15.8. The Bertz CT molecular complexity index is 489. The van der Waals surface area contributed by atoms with Gasteiger partial charge < -0.3 is 4.18 Å². The van der Waals surface area contributed by atoms with Gasteiger partial charge in [-0.05, 0) is 18.6 Å². The quantitative estimate of drug-likeness (QED) is 0.257. The molecule has 0 radical (unpaired) electrons. The molecule has 0 aliphatic carbocycles. The molecule has 0 spiro atoms. The van der Waals surface area contributed by atoms with Crippen LogP contribution in [0, 0.1) is 0 Å². The van der Waals surface area contributed by atoms with Gasteiger partial charge in [-0.3, -0.25) is 0 Å². The Hall–Kier alpha value is 0.606. The molecule has 0 bridgehead atoms. The van der Waals surface area contributed by atoms with E-state index in [9.17, 15) is 8.42 Å². The first-order valence-electron chi connectivity index (χ1n) is 9.11. The molecular formula is C19H33KO3S. The molecular weight excluding hydrogens is 347 g/mol. The first-order valence-corrected chi connectivity index (χ1v) is 10.7. The average molecular weight is 381 g/mol. The van der Waals surface area contributed by atoms with Gasteiger partial charge in [0, 0.05) is 0 Å². The molecule has 0 aliphatic heterocycles. The SMILES string of the molecule is CCCCCCCCCCCCCS(=O)(=O)Oc1ccccc1.[KH]. The molecule has 1 aromatic carbocycles. The van der Waals surface area contributed by atoms with Gasteiger partial charge in [0.05, 0.1) is 5.75 Å². The summed E-state index contributed by atoms with van der Waals surface area (Å²) in [6, 6.07) is 8.71. The van der Waals surface area contributed by atoms with Gasteiger partial charge >= 0.3 is 61.5 Å². The average Bonchev–Trinajstić information content (AvgIpc) is 2.53. The number of hydrogen-bond donors (Lipinski definition) is 0. The summed E-state index contributed by atoms with van der Waals surface area (Å²) in [6.45, 7) is 2.24. The monoisotopic (exact) mass is 380 g/mol. The van der Waals surface area contributed by atoms with Crippen molar-refractivity contribution in [3.63, 3.8) is 0 Å². The Labute approximate surface area is 191 Å².